The van der Waals surface area contributed by atoms with Gasteiger partial charge in [-0.1, -0.05) is 19.1 Å². The lowest BCUT2D eigenvalue weighted by molar-refractivity contribution is -0.110. The summed E-state index contributed by atoms with van der Waals surface area (Å²) in [5.41, 5.74) is 5.28. The van der Waals surface area contributed by atoms with Crippen LogP contribution in [0.3, 0.4) is 0 Å². The minimum Gasteiger partial charge on any atom is -0.493 e. The van der Waals surface area contributed by atoms with Crippen molar-refractivity contribution in [3.63, 3.8) is 0 Å². The molecule has 2 aromatic rings. The van der Waals surface area contributed by atoms with Gasteiger partial charge in [-0.05, 0) is 50.2 Å². The van der Waals surface area contributed by atoms with Crippen LogP contribution in [0.5, 0.6) is 11.5 Å². The summed E-state index contributed by atoms with van der Waals surface area (Å²) in [6, 6.07) is 11.9. The average Bonchev–Trinajstić information content (AvgIpc) is 3.04. The molecule has 28 heavy (non-hydrogen) atoms. The minimum atomic E-state index is -0.125. The molecule has 1 aliphatic rings. The predicted octanol–water partition coefficient (Wildman–Crippen LogP) is 3.65. The number of amides is 1. The molecular formula is C22H27N3O3. The zero-order valence-electron chi connectivity index (χ0n) is 16.8. The van der Waals surface area contributed by atoms with Gasteiger partial charge in [0.1, 0.15) is 0 Å². The maximum atomic E-state index is 12.7. The van der Waals surface area contributed by atoms with Crippen LogP contribution >= 0.6 is 0 Å². The molecule has 0 fully saturated rings. The monoisotopic (exact) mass is 381 g/mol. The summed E-state index contributed by atoms with van der Waals surface area (Å²) in [4.78, 5) is 12.7. The highest BCUT2D eigenvalue weighted by atomic mass is 16.5. The van der Waals surface area contributed by atoms with Gasteiger partial charge < -0.3 is 25.4 Å². The van der Waals surface area contributed by atoms with E-state index in [0.717, 1.165) is 35.6 Å². The summed E-state index contributed by atoms with van der Waals surface area (Å²) in [7, 11) is 5.12. The number of carbonyl (C=O) groups excluding carboxylic acids is 1. The molecular weight excluding hydrogens is 354 g/mol. The Hall–Kier alpha value is -2.99. The van der Waals surface area contributed by atoms with E-state index in [4.69, 9.17) is 9.47 Å². The van der Waals surface area contributed by atoms with Crippen LogP contribution in [0.1, 0.15) is 24.5 Å². The van der Waals surface area contributed by atoms with Crippen molar-refractivity contribution in [1.29, 1.82) is 0 Å². The van der Waals surface area contributed by atoms with Crippen molar-refractivity contribution in [2.45, 2.75) is 19.8 Å². The molecule has 0 radical (unpaired) electrons. The first-order chi connectivity index (χ1) is 13.6. The first kappa shape index (κ1) is 19.8. The summed E-state index contributed by atoms with van der Waals surface area (Å²) in [6.07, 6.45) is 1.67. The Balaban J connectivity index is 1.94. The largest absolute Gasteiger partial charge is 0.493 e. The average molecular weight is 381 g/mol. The fourth-order valence-electron chi connectivity index (χ4n) is 3.32. The van der Waals surface area contributed by atoms with E-state index < -0.39 is 0 Å². The third-order valence-corrected chi connectivity index (χ3v) is 4.84. The second-order valence-corrected chi connectivity index (χ2v) is 6.59. The molecule has 0 saturated heterocycles. The number of allylic oxidation sites excluding steroid dienone is 1. The minimum absolute atomic E-state index is 0.125. The molecule has 3 N–H and O–H groups in total. The number of hydrogen-bond donors (Lipinski definition) is 3. The zero-order valence-corrected chi connectivity index (χ0v) is 16.8. The Morgan fingerprint density at radius 3 is 2.36 bits per heavy atom. The number of nitrogens with one attached hydrogen (secondary N) is 3. The topological polar surface area (TPSA) is 71.6 Å². The lowest BCUT2D eigenvalue weighted by atomic mass is 10.0. The summed E-state index contributed by atoms with van der Waals surface area (Å²) >= 11 is 0. The van der Waals surface area contributed by atoms with Crippen LogP contribution < -0.4 is 25.4 Å². The van der Waals surface area contributed by atoms with Crippen LogP contribution in [-0.2, 0) is 11.2 Å². The molecule has 1 aliphatic heterocycles. The smallest absolute Gasteiger partial charge is 0.258 e. The molecule has 1 amide bonds. The van der Waals surface area contributed by atoms with Crippen molar-refractivity contribution >= 4 is 22.9 Å². The van der Waals surface area contributed by atoms with Crippen LogP contribution in [0, 0.1) is 0 Å². The summed E-state index contributed by atoms with van der Waals surface area (Å²) in [5, 5.41) is 9.50. The normalized spacial score (nSPS) is 14.4. The highest BCUT2D eigenvalue weighted by molar-refractivity contribution is 6.32. The van der Waals surface area contributed by atoms with Crippen molar-refractivity contribution in [1.82, 2.24) is 5.32 Å². The fourth-order valence-corrected chi connectivity index (χ4v) is 3.32. The Morgan fingerprint density at radius 2 is 1.75 bits per heavy atom. The highest BCUT2D eigenvalue weighted by Crippen LogP contribution is 2.42. The molecule has 0 aliphatic carbocycles. The van der Waals surface area contributed by atoms with Crippen molar-refractivity contribution < 1.29 is 14.3 Å². The van der Waals surface area contributed by atoms with Gasteiger partial charge in [0, 0.05) is 23.0 Å². The van der Waals surface area contributed by atoms with E-state index in [2.05, 4.69) is 28.1 Å². The number of likely N-dealkylation sites (N-methyl/N-ethyl adjacent to an activating group) is 1. The summed E-state index contributed by atoms with van der Waals surface area (Å²) in [6.45, 7) is 2.97. The third-order valence-electron chi connectivity index (χ3n) is 4.84. The zero-order chi connectivity index (χ0) is 20.1. The van der Waals surface area contributed by atoms with Gasteiger partial charge in [-0.3, -0.25) is 4.79 Å². The highest BCUT2D eigenvalue weighted by Gasteiger charge is 2.29. The molecule has 0 bridgehead atoms. The molecule has 3 rings (SSSR count). The lowest BCUT2D eigenvalue weighted by Crippen LogP contribution is -2.11. The SMILES string of the molecule is CCC(Nc1ccc(CCNC)cc1)=C1C(=O)Nc2cc(OC)c(OC)cc21. The van der Waals surface area contributed by atoms with Gasteiger partial charge in [0.25, 0.3) is 5.91 Å². The summed E-state index contributed by atoms with van der Waals surface area (Å²) < 4.78 is 10.8. The number of carbonyl (C=O) groups is 1. The molecule has 6 nitrogen and oxygen atoms in total. The molecule has 0 atom stereocenters. The van der Waals surface area contributed by atoms with Crippen molar-refractivity contribution in [3.05, 3.63) is 53.2 Å². The molecule has 2 aromatic carbocycles. The van der Waals surface area contributed by atoms with E-state index in [-0.39, 0.29) is 5.91 Å². The molecule has 1 heterocycles. The Bertz CT molecular complexity index is 889. The van der Waals surface area contributed by atoms with Gasteiger partial charge in [-0.25, -0.2) is 0 Å². The first-order valence-corrected chi connectivity index (χ1v) is 9.42. The molecule has 0 unspecified atom stereocenters. The molecule has 0 spiro atoms. The lowest BCUT2D eigenvalue weighted by Gasteiger charge is -2.14. The van der Waals surface area contributed by atoms with Crippen LogP contribution in [-0.4, -0.2) is 33.7 Å². The standard InChI is InChI=1S/C22H27N3O3/c1-5-17(24-15-8-6-14(7-9-15)10-11-23-2)21-16-12-19(27-3)20(28-4)13-18(16)25-22(21)26/h6-9,12-13,23-24H,5,10-11H2,1-4H3,(H,25,26). The van der Waals surface area contributed by atoms with E-state index in [9.17, 15) is 4.79 Å². The molecule has 148 valence electrons. The van der Waals surface area contributed by atoms with Gasteiger partial charge in [0.2, 0.25) is 0 Å². The fraction of sp³-hybridized carbons (Fsp3) is 0.318. The van der Waals surface area contributed by atoms with Crippen molar-refractivity contribution in [2.24, 2.45) is 0 Å². The van der Waals surface area contributed by atoms with Gasteiger partial charge in [0.05, 0.1) is 25.5 Å². The number of fused-ring (bicyclic) bond motifs is 1. The summed E-state index contributed by atoms with van der Waals surface area (Å²) in [5.74, 6) is 1.06. The van der Waals surface area contributed by atoms with E-state index >= 15 is 0 Å². The van der Waals surface area contributed by atoms with Crippen LogP contribution in [0.2, 0.25) is 0 Å². The Morgan fingerprint density at radius 1 is 1.07 bits per heavy atom. The van der Waals surface area contributed by atoms with E-state index in [1.54, 1.807) is 20.3 Å². The van der Waals surface area contributed by atoms with Crippen molar-refractivity contribution in [3.8, 4) is 11.5 Å². The van der Waals surface area contributed by atoms with Crippen molar-refractivity contribution in [2.75, 3.05) is 38.4 Å². The van der Waals surface area contributed by atoms with Crippen LogP contribution in [0.4, 0.5) is 11.4 Å². The maximum Gasteiger partial charge on any atom is 0.258 e. The van der Waals surface area contributed by atoms with E-state index in [0.29, 0.717) is 23.5 Å². The van der Waals surface area contributed by atoms with Gasteiger partial charge >= 0.3 is 0 Å². The maximum absolute atomic E-state index is 12.7. The Kier molecular flexibility index (Phi) is 6.21. The quantitative estimate of drug-likeness (QED) is 0.609. The molecule has 0 aromatic heterocycles. The predicted molar refractivity (Wildman–Crippen MR) is 113 cm³/mol. The van der Waals surface area contributed by atoms with Gasteiger partial charge in [0.15, 0.2) is 11.5 Å². The van der Waals surface area contributed by atoms with E-state index in [1.807, 2.05) is 32.2 Å². The first-order valence-electron chi connectivity index (χ1n) is 9.42. The number of benzene rings is 2. The number of rotatable bonds is 8. The van der Waals surface area contributed by atoms with Gasteiger partial charge in [-0.15, -0.1) is 0 Å². The number of anilines is 2. The van der Waals surface area contributed by atoms with Crippen LogP contribution in [0.25, 0.3) is 5.57 Å². The van der Waals surface area contributed by atoms with E-state index in [1.165, 1.54) is 5.56 Å². The second kappa shape index (κ2) is 8.80. The second-order valence-electron chi connectivity index (χ2n) is 6.59. The number of ether oxygens (including phenoxy) is 2. The molecule has 6 heteroatoms. The van der Waals surface area contributed by atoms with Gasteiger partial charge in [-0.2, -0.15) is 0 Å². The third kappa shape index (κ3) is 3.97. The molecule has 0 saturated carbocycles. The number of methoxy groups -OCH3 is 2. The van der Waals surface area contributed by atoms with Crippen LogP contribution in [0.15, 0.2) is 42.1 Å². The Labute approximate surface area is 165 Å². The number of hydrogen-bond acceptors (Lipinski definition) is 5.